The summed E-state index contributed by atoms with van der Waals surface area (Å²) in [5, 5.41) is 11.9. The fourth-order valence-corrected chi connectivity index (χ4v) is 3.17. The van der Waals surface area contributed by atoms with Gasteiger partial charge >= 0.3 is 0 Å². The van der Waals surface area contributed by atoms with Gasteiger partial charge in [0.05, 0.1) is 11.4 Å². The standard InChI is InChI=1S/C18H15ClF2N4OS/c1-25-16(8-11-2-4-12(19)5-3-11)23-24-18(25)27-10-17(26)22-15-7-6-13(20)9-14(15)21/h2-7,9H,8,10H2,1H3,(H,22,26). The first kappa shape index (κ1) is 19.3. The first-order chi connectivity index (χ1) is 12.9. The highest BCUT2D eigenvalue weighted by Crippen LogP contribution is 2.20. The van der Waals surface area contributed by atoms with Gasteiger partial charge in [-0.3, -0.25) is 4.79 Å². The van der Waals surface area contributed by atoms with Crippen LogP contribution in [0.1, 0.15) is 11.4 Å². The summed E-state index contributed by atoms with van der Waals surface area (Å²) in [5.74, 6) is -1.19. The van der Waals surface area contributed by atoms with Crippen LogP contribution in [0.4, 0.5) is 14.5 Å². The Labute approximate surface area is 163 Å². The van der Waals surface area contributed by atoms with E-state index in [9.17, 15) is 13.6 Å². The topological polar surface area (TPSA) is 59.8 Å². The predicted octanol–water partition coefficient (Wildman–Crippen LogP) is 4.07. The van der Waals surface area contributed by atoms with E-state index in [2.05, 4.69) is 15.5 Å². The molecule has 2 aromatic carbocycles. The highest BCUT2D eigenvalue weighted by Gasteiger charge is 2.13. The van der Waals surface area contributed by atoms with Gasteiger partial charge in [-0.1, -0.05) is 35.5 Å². The lowest BCUT2D eigenvalue weighted by Crippen LogP contribution is -2.15. The maximum atomic E-state index is 13.6. The molecule has 1 aromatic heterocycles. The molecule has 140 valence electrons. The van der Waals surface area contributed by atoms with E-state index < -0.39 is 17.5 Å². The molecule has 0 saturated heterocycles. The van der Waals surface area contributed by atoms with Crippen molar-refractivity contribution in [1.29, 1.82) is 0 Å². The van der Waals surface area contributed by atoms with Crippen LogP contribution >= 0.6 is 23.4 Å². The normalized spacial score (nSPS) is 10.8. The molecule has 0 aliphatic rings. The highest BCUT2D eigenvalue weighted by molar-refractivity contribution is 7.99. The molecule has 3 aromatic rings. The number of aromatic nitrogens is 3. The number of anilines is 1. The van der Waals surface area contributed by atoms with Gasteiger partial charge in [-0.15, -0.1) is 10.2 Å². The Balaban J connectivity index is 1.59. The minimum Gasteiger partial charge on any atom is -0.323 e. The van der Waals surface area contributed by atoms with Crippen molar-refractivity contribution >= 4 is 35.0 Å². The molecule has 9 heteroatoms. The fourth-order valence-electron chi connectivity index (χ4n) is 2.32. The minimum absolute atomic E-state index is 0.0176. The molecule has 0 atom stereocenters. The molecule has 0 aliphatic heterocycles. The van der Waals surface area contributed by atoms with Gasteiger partial charge in [0.2, 0.25) is 5.91 Å². The number of nitrogens with zero attached hydrogens (tertiary/aromatic N) is 3. The minimum atomic E-state index is -0.822. The molecule has 0 aliphatic carbocycles. The third-order valence-electron chi connectivity index (χ3n) is 3.74. The lowest BCUT2D eigenvalue weighted by atomic mass is 10.1. The average molecular weight is 409 g/mol. The van der Waals surface area contributed by atoms with Gasteiger partial charge in [0.1, 0.15) is 17.5 Å². The van der Waals surface area contributed by atoms with Crippen molar-refractivity contribution in [3.05, 3.63) is 70.5 Å². The van der Waals surface area contributed by atoms with Gasteiger partial charge in [0, 0.05) is 24.6 Å². The Bertz CT molecular complexity index is 962. The molecule has 0 radical (unpaired) electrons. The van der Waals surface area contributed by atoms with Crippen molar-refractivity contribution < 1.29 is 13.6 Å². The maximum Gasteiger partial charge on any atom is 0.234 e. The van der Waals surface area contributed by atoms with Crippen LogP contribution in [0.5, 0.6) is 0 Å². The molecule has 0 fully saturated rings. The van der Waals surface area contributed by atoms with Crippen molar-refractivity contribution in [2.24, 2.45) is 7.05 Å². The van der Waals surface area contributed by atoms with E-state index in [1.165, 1.54) is 17.8 Å². The van der Waals surface area contributed by atoms with E-state index >= 15 is 0 Å². The SMILES string of the molecule is Cn1c(Cc2ccc(Cl)cc2)nnc1SCC(=O)Nc1ccc(F)cc1F. The zero-order chi connectivity index (χ0) is 19.4. The second kappa shape index (κ2) is 8.49. The smallest absolute Gasteiger partial charge is 0.234 e. The van der Waals surface area contributed by atoms with Crippen LogP contribution in [-0.2, 0) is 18.3 Å². The number of hydrogen-bond acceptors (Lipinski definition) is 4. The first-order valence-electron chi connectivity index (χ1n) is 7.93. The Kier molecular flexibility index (Phi) is 6.08. The van der Waals surface area contributed by atoms with Crippen LogP contribution in [0.3, 0.4) is 0 Å². The van der Waals surface area contributed by atoms with Crippen molar-refractivity contribution in [2.75, 3.05) is 11.1 Å². The number of carbonyl (C=O) groups is 1. The van der Waals surface area contributed by atoms with Gasteiger partial charge in [-0.2, -0.15) is 0 Å². The molecular formula is C18H15ClF2N4OS. The van der Waals surface area contributed by atoms with E-state index in [0.717, 1.165) is 17.5 Å². The van der Waals surface area contributed by atoms with Gasteiger partial charge < -0.3 is 9.88 Å². The van der Waals surface area contributed by atoms with Crippen molar-refractivity contribution in [3.8, 4) is 0 Å². The summed E-state index contributed by atoms with van der Waals surface area (Å²) in [6.45, 7) is 0. The molecule has 3 rings (SSSR count). The molecule has 0 spiro atoms. The van der Waals surface area contributed by atoms with Crippen LogP contribution in [0, 0.1) is 11.6 Å². The Hall–Kier alpha value is -2.45. The molecule has 1 amide bonds. The second-order valence-corrected chi connectivity index (χ2v) is 7.10. The van der Waals surface area contributed by atoms with E-state index in [0.29, 0.717) is 22.7 Å². The number of nitrogens with one attached hydrogen (secondary N) is 1. The average Bonchev–Trinajstić information content (AvgIpc) is 2.97. The molecule has 0 unspecified atom stereocenters. The van der Waals surface area contributed by atoms with Crippen LogP contribution in [0.15, 0.2) is 47.6 Å². The van der Waals surface area contributed by atoms with Crippen molar-refractivity contribution in [1.82, 2.24) is 14.8 Å². The van der Waals surface area contributed by atoms with Gasteiger partial charge in [0.25, 0.3) is 0 Å². The molecule has 0 bridgehead atoms. The van der Waals surface area contributed by atoms with Gasteiger partial charge in [-0.25, -0.2) is 8.78 Å². The predicted molar refractivity (Wildman–Crippen MR) is 101 cm³/mol. The second-order valence-electron chi connectivity index (χ2n) is 5.72. The maximum absolute atomic E-state index is 13.6. The zero-order valence-corrected chi connectivity index (χ0v) is 15.8. The number of halogens is 3. The monoisotopic (exact) mass is 408 g/mol. The van der Waals surface area contributed by atoms with E-state index in [1.54, 1.807) is 4.57 Å². The molecular weight excluding hydrogens is 394 g/mol. The quantitative estimate of drug-likeness (QED) is 0.625. The summed E-state index contributed by atoms with van der Waals surface area (Å²) in [6.07, 6.45) is 0.578. The molecule has 27 heavy (non-hydrogen) atoms. The summed E-state index contributed by atoms with van der Waals surface area (Å²) >= 11 is 7.06. The van der Waals surface area contributed by atoms with E-state index in [-0.39, 0.29) is 11.4 Å². The van der Waals surface area contributed by atoms with Gasteiger partial charge in [-0.05, 0) is 29.8 Å². The van der Waals surface area contributed by atoms with E-state index in [4.69, 9.17) is 11.6 Å². The van der Waals surface area contributed by atoms with Gasteiger partial charge in [0.15, 0.2) is 5.16 Å². The van der Waals surface area contributed by atoms with Crippen LogP contribution < -0.4 is 5.32 Å². The Morgan fingerprint density at radius 2 is 1.93 bits per heavy atom. The Morgan fingerprint density at radius 3 is 2.63 bits per heavy atom. The van der Waals surface area contributed by atoms with Crippen LogP contribution in [0.2, 0.25) is 5.02 Å². The molecule has 1 N–H and O–H groups in total. The summed E-state index contributed by atoms with van der Waals surface area (Å²) in [4.78, 5) is 12.0. The number of carbonyl (C=O) groups excluding carboxylic acids is 1. The number of thioether (sulfide) groups is 1. The lowest BCUT2D eigenvalue weighted by Gasteiger charge is -2.07. The third kappa shape index (κ3) is 5.05. The largest absolute Gasteiger partial charge is 0.323 e. The zero-order valence-electron chi connectivity index (χ0n) is 14.2. The number of benzene rings is 2. The number of amides is 1. The number of rotatable bonds is 6. The fraction of sp³-hybridized carbons (Fsp3) is 0.167. The summed E-state index contributed by atoms with van der Waals surface area (Å²) in [5.41, 5.74) is 0.972. The van der Waals surface area contributed by atoms with Crippen molar-refractivity contribution in [3.63, 3.8) is 0 Å². The van der Waals surface area contributed by atoms with Crippen LogP contribution in [-0.4, -0.2) is 26.4 Å². The van der Waals surface area contributed by atoms with Crippen molar-refractivity contribution in [2.45, 2.75) is 11.6 Å². The lowest BCUT2D eigenvalue weighted by molar-refractivity contribution is -0.113. The Morgan fingerprint density at radius 1 is 1.19 bits per heavy atom. The highest BCUT2D eigenvalue weighted by atomic mass is 35.5. The van der Waals surface area contributed by atoms with Crippen LogP contribution in [0.25, 0.3) is 0 Å². The third-order valence-corrected chi connectivity index (χ3v) is 5.01. The summed E-state index contributed by atoms with van der Waals surface area (Å²) < 4.78 is 28.3. The summed E-state index contributed by atoms with van der Waals surface area (Å²) in [6, 6.07) is 10.4. The number of hydrogen-bond donors (Lipinski definition) is 1. The summed E-state index contributed by atoms with van der Waals surface area (Å²) in [7, 11) is 1.81. The molecule has 5 nitrogen and oxygen atoms in total. The molecule has 0 saturated carbocycles. The van der Waals surface area contributed by atoms with E-state index in [1.807, 2.05) is 31.3 Å². The molecule has 1 heterocycles. The first-order valence-corrected chi connectivity index (χ1v) is 9.29.